The van der Waals surface area contributed by atoms with Crippen molar-refractivity contribution in [1.82, 2.24) is 0 Å². The maximum Gasteiger partial charge on any atom is 0.335 e. The normalized spacial score (nSPS) is 16.9. The number of hydrogen-bond donors (Lipinski definition) is 6. The number of ketones is 2. The number of carboxylic acids is 2. The van der Waals surface area contributed by atoms with E-state index in [2.05, 4.69) is 0 Å². The van der Waals surface area contributed by atoms with Crippen LogP contribution in [0.4, 0.5) is 0 Å². The van der Waals surface area contributed by atoms with Gasteiger partial charge in [0.05, 0.1) is 33.4 Å². The van der Waals surface area contributed by atoms with Crippen molar-refractivity contribution in [2.24, 2.45) is 0 Å². The average molecular weight is 538 g/mol. The Balaban J connectivity index is 1.79. The van der Waals surface area contributed by atoms with E-state index in [1.54, 1.807) is 0 Å². The van der Waals surface area contributed by atoms with Crippen LogP contribution >= 0.6 is 0 Å². The molecule has 6 rings (SSSR count). The Hall–Kier alpha value is -5.64. The van der Waals surface area contributed by atoms with Crippen LogP contribution in [0.3, 0.4) is 0 Å². The summed E-state index contributed by atoms with van der Waals surface area (Å²) in [5, 5.41) is 62.6. The van der Waals surface area contributed by atoms with Gasteiger partial charge in [-0.1, -0.05) is 24.3 Å². The largest absolute Gasteiger partial charge is 0.507 e. The first-order chi connectivity index (χ1) is 19.0. The van der Waals surface area contributed by atoms with Crippen LogP contribution in [-0.4, -0.2) is 54.1 Å². The fourth-order valence-corrected chi connectivity index (χ4v) is 5.96. The van der Waals surface area contributed by atoms with E-state index in [1.165, 1.54) is 48.5 Å². The van der Waals surface area contributed by atoms with Crippen LogP contribution in [0.5, 0.6) is 23.0 Å². The second kappa shape index (κ2) is 8.43. The molecule has 198 valence electrons. The number of benzene rings is 4. The number of phenolic OH excluding ortho intramolecular Hbond substituents is 4. The van der Waals surface area contributed by atoms with Crippen molar-refractivity contribution < 1.29 is 49.8 Å². The van der Waals surface area contributed by atoms with Gasteiger partial charge in [0.25, 0.3) is 0 Å². The Morgan fingerprint density at radius 1 is 0.500 bits per heavy atom. The van der Waals surface area contributed by atoms with Gasteiger partial charge >= 0.3 is 11.9 Å². The zero-order chi connectivity index (χ0) is 28.6. The van der Waals surface area contributed by atoms with E-state index in [0.29, 0.717) is 0 Å². The van der Waals surface area contributed by atoms with Crippen molar-refractivity contribution >= 4 is 23.5 Å². The van der Waals surface area contributed by atoms with Crippen LogP contribution < -0.4 is 0 Å². The summed E-state index contributed by atoms with van der Waals surface area (Å²) >= 11 is 0. The zero-order valence-corrected chi connectivity index (χ0v) is 20.2. The Labute approximate surface area is 224 Å². The maximum atomic E-state index is 13.6. The fraction of sp³-hybridized carbons (Fsp3) is 0.0667. The predicted molar refractivity (Wildman–Crippen MR) is 137 cm³/mol. The molecule has 0 radical (unpaired) electrons. The SMILES string of the molecule is O=C(O)c1cc(O)c2c(c1)C([C@@H]1c3cccc(O)c3C(=O)c3c(O)cc(C(=O)O)cc31)c1cccc(O)c1C2=O. The van der Waals surface area contributed by atoms with E-state index < -0.39 is 58.3 Å². The van der Waals surface area contributed by atoms with Crippen LogP contribution in [0.2, 0.25) is 0 Å². The van der Waals surface area contributed by atoms with Crippen molar-refractivity contribution in [3.8, 4) is 23.0 Å². The summed E-state index contributed by atoms with van der Waals surface area (Å²) in [7, 11) is 0. The van der Waals surface area contributed by atoms with Gasteiger partial charge < -0.3 is 30.6 Å². The number of aromatic carboxylic acids is 2. The van der Waals surface area contributed by atoms with E-state index in [1.807, 2.05) is 0 Å². The maximum absolute atomic E-state index is 13.6. The lowest BCUT2D eigenvalue weighted by Crippen LogP contribution is -2.30. The molecule has 10 heteroatoms. The smallest absolute Gasteiger partial charge is 0.335 e. The molecular formula is C30H18O10. The minimum atomic E-state index is -1.39. The number of rotatable bonds is 3. The lowest BCUT2D eigenvalue weighted by molar-refractivity contribution is 0.0685. The summed E-state index contributed by atoms with van der Waals surface area (Å²) in [5.41, 5.74) is -1.08. The Bertz CT molecular complexity index is 1720. The molecule has 2 aliphatic carbocycles. The summed E-state index contributed by atoms with van der Waals surface area (Å²) < 4.78 is 0. The molecule has 0 spiro atoms. The first-order valence-electron chi connectivity index (χ1n) is 11.9. The zero-order valence-electron chi connectivity index (χ0n) is 20.2. The monoisotopic (exact) mass is 538 g/mol. The van der Waals surface area contributed by atoms with E-state index in [4.69, 9.17) is 0 Å². The van der Waals surface area contributed by atoms with E-state index >= 15 is 0 Å². The highest BCUT2D eigenvalue weighted by molar-refractivity contribution is 6.18. The molecule has 6 N–H and O–H groups in total. The van der Waals surface area contributed by atoms with Crippen LogP contribution in [0.1, 0.15) is 86.6 Å². The third-order valence-electron chi connectivity index (χ3n) is 7.52. The lowest BCUT2D eigenvalue weighted by Gasteiger charge is -2.38. The molecule has 1 unspecified atom stereocenters. The second-order valence-corrected chi connectivity index (χ2v) is 9.63. The van der Waals surface area contributed by atoms with Crippen LogP contribution in [0, 0.1) is 0 Å². The highest BCUT2D eigenvalue weighted by Gasteiger charge is 2.45. The molecule has 0 amide bonds. The number of hydrogen-bond acceptors (Lipinski definition) is 8. The molecule has 10 nitrogen and oxygen atoms in total. The summed E-state index contributed by atoms with van der Waals surface area (Å²) in [5.74, 6) is -8.61. The predicted octanol–water partition coefficient (Wildman–Crippen LogP) is 3.96. The van der Waals surface area contributed by atoms with Gasteiger partial charge in [-0.3, -0.25) is 9.59 Å². The molecule has 0 saturated heterocycles. The highest BCUT2D eigenvalue weighted by Crippen LogP contribution is 2.55. The van der Waals surface area contributed by atoms with Crippen LogP contribution in [0.25, 0.3) is 0 Å². The van der Waals surface area contributed by atoms with Gasteiger partial charge in [0.1, 0.15) is 23.0 Å². The number of carboxylic acid groups (broad SMARTS) is 2. The molecule has 0 bridgehead atoms. The van der Waals surface area contributed by atoms with Crippen LogP contribution in [0.15, 0.2) is 60.7 Å². The molecule has 4 aromatic carbocycles. The molecule has 0 aliphatic heterocycles. The molecular weight excluding hydrogens is 520 g/mol. The number of carbonyl (C=O) groups is 4. The van der Waals surface area contributed by atoms with E-state index in [-0.39, 0.29) is 55.6 Å². The van der Waals surface area contributed by atoms with Crippen molar-refractivity contribution in [2.45, 2.75) is 11.8 Å². The molecule has 0 fully saturated rings. The van der Waals surface area contributed by atoms with Crippen molar-refractivity contribution in [2.75, 3.05) is 0 Å². The third kappa shape index (κ3) is 3.29. The standard InChI is InChI=1S/C30H18O10/c31-17-5-1-3-13-21(15-7-11(29(37)38)9-19(33)25(15)27(35)23(13)17)22-14-4-2-6-18(32)24(14)28(36)26-16(22)8-12(30(39)40)10-20(26)34/h1-10,21-22,31-34H,(H,37,38)(H,39,40)/t21-,22?/m1/s1. The van der Waals surface area contributed by atoms with E-state index in [9.17, 15) is 49.8 Å². The van der Waals surface area contributed by atoms with Gasteiger partial charge in [-0.2, -0.15) is 0 Å². The molecule has 0 heterocycles. The quantitative estimate of drug-likeness (QED) is 0.223. The van der Waals surface area contributed by atoms with Gasteiger partial charge in [-0.25, -0.2) is 9.59 Å². The van der Waals surface area contributed by atoms with E-state index in [0.717, 1.165) is 12.1 Å². The van der Waals surface area contributed by atoms with Gasteiger partial charge in [-0.15, -0.1) is 0 Å². The molecule has 4 aromatic rings. The average Bonchev–Trinajstić information content (AvgIpc) is 2.89. The van der Waals surface area contributed by atoms with Gasteiger partial charge in [0.2, 0.25) is 11.6 Å². The molecule has 2 atom stereocenters. The molecule has 40 heavy (non-hydrogen) atoms. The Morgan fingerprint density at radius 2 is 0.850 bits per heavy atom. The highest BCUT2D eigenvalue weighted by atomic mass is 16.4. The minimum absolute atomic E-state index is 0.0420. The Kier molecular flexibility index (Phi) is 5.20. The molecule has 0 aromatic heterocycles. The number of phenols is 4. The van der Waals surface area contributed by atoms with Crippen molar-refractivity contribution in [1.29, 1.82) is 0 Å². The minimum Gasteiger partial charge on any atom is -0.507 e. The van der Waals surface area contributed by atoms with Gasteiger partial charge in [0, 0.05) is 11.8 Å². The third-order valence-corrected chi connectivity index (χ3v) is 7.52. The van der Waals surface area contributed by atoms with Gasteiger partial charge in [0.15, 0.2) is 0 Å². The first kappa shape index (κ1) is 24.7. The lowest BCUT2D eigenvalue weighted by atomic mass is 9.63. The molecule has 0 saturated carbocycles. The number of fused-ring (bicyclic) bond motifs is 4. The summed E-state index contributed by atoms with van der Waals surface area (Å²) in [6.45, 7) is 0. The number of carbonyl (C=O) groups excluding carboxylic acids is 2. The fourth-order valence-electron chi connectivity index (χ4n) is 5.96. The van der Waals surface area contributed by atoms with Gasteiger partial charge in [-0.05, 0) is 58.7 Å². The topological polar surface area (TPSA) is 190 Å². The summed E-state index contributed by atoms with van der Waals surface area (Å²) in [6.07, 6.45) is 0. The summed E-state index contributed by atoms with van der Waals surface area (Å²) in [6, 6.07) is 12.7. The summed E-state index contributed by atoms with van der Waals surface area (Å²) in [4.78, 5) is 51.0. The molecule has 2 aliphatic rings. The van der Waals surface area contributed by atoms with Crippen LogP contribution in [-0.2, 0) is 0 Å². The van der Waals surface area contributed by atoms with Crippen molar-refractivity contribution in [3.63, 3.8) is 0 Å². The number of aromatic hydroxyl groups is 4. The second-order valence-electron chi connectivity index (χ2n) is 9.63. The van der Waals surface area contributed by atoms with Crippen molar-refractivity contribution in [3.05, 3.63) is 116 Å². The Morgan fingerprint density at radius 3 is 1.20 bits per heavy atom. The first-order valence-corrected chi connectivity index (χ1v) is 11.9.